The molecule has 2 atom stereocenters. The third kappa shape index (κ3) is 26.2. The highest BCUT2D eigenvalue weighted by Gasteiger charge is 2.29. The average molecular weight is 835 g/mol. The molecule has 0 unspecified atom stereocenters. The van der Waals surface area contributed by atoms with Gasteiger partial charge >= 0.3 is 36.1 Å². The Morgan fingerprint density at radius 2 is 0.800 bits per heavy atom. The molecule has 0 radical (unpaired) electrons. The summed E-state index contributed by atoms with van der Waals surface area (Å²) in [7, 11) is 0. The van der Waals surface area contributed by atoms with Crippen LogP contribution in [0.3, 0.4) is 0 Å². The summed E-state index contributed by atoms with van der Waals surface area (Å²) in [4.78, 5) is 75.2. The van der Waals surface area contributed by atoms with E-state index in [-0.39, 0.29) is 25.7 Å². The molecular weight excluding hydrogens is 765 g/mol. The molecular formula is C48H70N2O10. The highest BCUT2D eigenvalue weighted by Crippen LogP contribution is 2.15. The average Bonchev–Trinajstić information content (AvgIpc) is 3.16. The fourth-order valence-corrected chi connectivity index (χ4v) is 6.17. The van der Waals surface area contributed by atoms with E-state index in [4.69, 9.17) is 18.9 Å². The molecule has 12 heteroatoms. The summed E-state index contributed by atoms with van der Waals surface area (Å²) in [6.45, 7) is 10.4. The minimum Gasteiger partial charge on any atom is -0.444 e. The zero-order valence-corrected chi connectivity index (χ0v) is 36.9. The molecule has 2 rings (SSSR count). The highest BCUT2D eigenvalue weighted by molar-refractivity contribution is 5.91. The molecule has 0 aliphatic rings. The van der Waals surface area contributed by atoms with Crippen molar-refractivity contribution in [1.82, 2.24) is 10.6 Å². The largest absolute Gasteiger partial charge is 0.444 e. The van der Waals surface area contributed by atoms with Gasteiger partial charge in [0.15, 0.2) is 0 Å². The molecule has 332 valence electrons. The van der Waals surface area contributed by atoms with Gasteiger partial charge in [0, 0.05) is 25.7 Å². The van der Waals surface area contributed by atoms with Gasteiger partial charge in [-0.05, 0) is 91.2 Å². The molecule has 0 spiro atoms. The van der Waals surface area contributed by atoms with Crippen molar-refractivity contribution >= 4 is 36.1 Å². The summed E-state index contributed by atoms with van der Waals surface area (Å²) in [5.74, 6) is -2.79. The summed E-state index contributed by atoms with van der Waals surface area (Å²) < 4.78 is 20.8. The van der Waals surface area contributed by atoms with E-state index in [1.807, 2.05) is 60.7 Å². The Morgan fingerprint density at radius 3 is 1.13 bits per heavy atom. The second kappa shape index (κ2) is 28.5. The minimum atomic E-state index is -1.05. The van der Waals surface area contributed by atoms with E-state index < -0.39 is 59.3 Å². The van der Waals surface area contributed by atoms with Crippen molar-refractivity contribution in [3.63, 3.8) is 0 Å². The molecule has 12 nitrogen and oxygen atoms in total. The number of unbranched alkanes of at least 4 members (excludes halogenated alkanes) is 12. The summed E-state index contributed by atoms with van der Waals surface area (Å²) in [5, 5.41) is 5.10. The van der Waals surface area contributed by atoms with Crippen LogP contribution in [0.2, 0.25) is 0 Å². The van der Waals surface area contributed by atoms with E-state index >= 15 is 0 Å². The maximum atomic E-state index is 12.8. The SMILES string of the molecule is CC(C)(C)OC(=O)N[C@@H](Cc1ccccc1)C(=O)OC(=O)CCCCCCCC/C=C/CCCCCCCCC(=O)OC(=O)[C@H](Cc1ccccc1)NC(=O)OC(C)(C)C. The van der Waals surface area contributed by atoms with Gasteiger partial charge in [0.1, 0.15) is 23.3 Å². The lowest BCUT2D eigenvalue weighted by molar-refractivity contribution is -0.163. The number of hydrogen-bond donors (Lipinski definition) is 2. The fraction of sp³-hybridized carbons (Fsp3) is 0.583. The third-order valence-corrected chi connectivity index (χ3v) is 9.12. The lowest BCUT2D eigenvalue weighted by atomic mass is 10.1. The maximum absolute atomic E-state index is 12.8. The molecule has 0 heterocycles. The lowest BCUT2D eigenvalue weighted by Gasteiger charge is -2.22. The molecule has 0 aliphatic carbocycles. The number of alkyl carbamates (subject to hydrolysis) is 2. The van der Waals surface area contributed by atoms with E-state index in [9.17, 15) is 28.8 Å². The summed E-state index contributed by atoms with van der Waals surface area (Å²) >= 11 is 0. The molecule has 0 aromatic heterocycles. The van der Waals surface area contributed by atoms with Crippen LogP contribution in [0.25, 0.3) is 0 Å². The number of amides is 2. The third-order valence-electron chi connectivity index (χ3n) is 9.12. The quantitative estimate of drug-likeness (QED) is 0.0307. The monoisotopic (exact) mass is 835 g/mol. The Morgan fingerprint density at radius 1 is 0.483 bits per heavy atom. The zero-order valence-electron chi connectivity index (χ0n) is 36.9. The van der Waals surface area contributed by atoms with Gasteiger partial charge in [0.05, 0.1) is 0 Å². The minimum absolute atomic E-state index is 0.143. The Labute approximate surface area is 357 Å². The van der Waals surface area contributed by atoms with Crippen LogP contribution in [0.15, 0.2) is 72.8 Å². The first-order valence-corrected chi connectivity index (χ1v) is 21.7. The standard InChI is InChI=1S/C48H70N2O10/c1-47(2,3)59-45(55)49-39(35-37-29-23-21-24-30-37)43(53)57-41(51)33-27-19-17-15-13-11-9-7-8-10-12-14-16-18-20-28-34-42(52)58-44(54)40(36-38-31-25-22-26-32-38)50-46(56)60-48(4,5)6/h7-8,21-26,29-32,39-40H,9-20,27-28,33-36H2,1-6H3,(H,49,55)(H,50,56)/b8-7+/t39-,40-/m0/s1. The van der Waals surface area contributed by atoms with Gasteiger partial charge in [-0.1, -0.05) is 124 Å². The second-order valence-electron chi connectivity index (χ2n) is 17.2. The second-order valence-corrected chi connectivity index (χ2v) is 17.2. The number of hydrogen-bond acceptors (Lipinski definition) is 10. The van der Waals surface area contributed by atoms with E-state index in [0.717, 1.165) is 88.2 Å². The predicted molar refractivity (Wildman–Crippen MR) is 232 cm³/mol. The Kier molecular flexibility index (Phi) is 24.3. The van der Waals surface area contributed by atoms with Gasteiger partial charge in [0.25, 0.3) is 0 Å². The Hall–Kier alpha value is -5.00. The molecule has 60 heavy (non-hydrogen) atoms. The number of nitrogens with one attached hydrogen (secondary N) is 2. The number of ether oxygens (including phenoxy) is 4. The van der Waals surface area contributed by atoms with Crippen LogP contribution < -0.4 is 10.6 Å². The molecule has 0 saturated heterocycles. The van der Waals surface area contributed by atoms with E-state index in [1.165, 1.54) is 0 Å². The lowest BCUT2D eigenvalue weighted by Crippen LogP contribution is -2.46. The maximum Gasteiger partial charge on any atom is 0.408 e. The molecule has 0 fully saturated rings. The van der Waals surface area contributed by atoms with Crippen LogP contribution in [-0.2, 0) is 51.0 Å². The first-order chi connectivity index (χ1) is 28.5. The number of allylic oxidation sites excluding steroid dienone is 2. The van der Waals surface area contributed by atoms with Crippen molar-refractivity contribution in [1.29, 1.82) is 0 Å². The molecule has 2 N–H and O–H groups in total. The van der Waals surface area contributed by atoms with Crippen LogP contribution >= 0.6 is 0 Å². The number of carbonyl (C=O) groups excluding carboxylic acids is 6. The summed E-state index contributed by atoms with van der Waals surface area (Å²) in [6.07, 6.45) is 17.3. The van der Waals surface area contributed by atoms with Gasteiger partial charge in [0.2, 0.25) is 0 Å². The first-order valence-electron chi connectivity index (χ1n) is 21.7. The molecule has 2 aromatic carbocycles. The number of rotatable bonds is 26. The molecule has 0 aliphatic heterocycles. The van der Waals surface area contributed by atoms with Crippen LogP contribution in [0, 0.1) is 0 Å². The van der Waals surface area contributed by atoms with Crippen molar-refractivity contribution in [2.75, 3.05) is 0 Å². The Bertz CT molecular complexity index is 1490. The van der Waals surface area contributed by atoms with Gasteiger partial charge in [-0.15, -0.1) is 0 Å². The normalized spacial score (nSPS) is 12.6. The molecule has 2 amide bonds. The number of benzene rings is 2. The van der Waals surface area contributed by atoms with E-state index in [1.54, 1.807) is 41.5 Å². The van der Waals surface area contributed by atoms with Crippen molar-refractivity contribution in [3.05, 3.63) is 83.9 Å². The topological polar surface area (TPSA) is 163 Å². The van der Waals surface area contributed by atoms with E-state index in [2.05, 4.69) is 22.8 Å². The number of esters is 4. The predicted octanol–water partition coefficient (Wildman–Crippen LogP) is 10.2. The van der Waals surface area contributed by atoms with Crippen LogP contribution in [0.5, 0.6) is 0 Å². The van der Waals surface area contributed by atoms with Crippen molar-refractivity contribution in [3.8, 4) is 0 Å². The zero-order chi connectivity index (χ0) is 44.2. The van der Waals surface area contributed by atoms with Gasteiger partial charge < -0.3 is 29.6 Å². The first kappa shape index (κ1) is 51.1. The summed E-state index contributed by atoms with van der Waals surface area (Å²) in [6, 6.07) is 16.3. The van der Waals surface area contributed by atoms with E-state index in [0.29, 0.717) is 12.8 Å². The molecule has 0 bridgehead atoms. The van der Waals surface area contributed by atoms with Crippen molar-refractivity contribution in [2.45, 2.75) is 180 Å². The van der Waals surface area contributed by atoms with Crippen molar-refractivity contribution < 1.29 is 47.7 Å². The van der Waals surface area contributed by atoms with Crippen molar-refractivity contribution in [2.24, 2.45) is 0 Å². The highest BCUT2D eigenvalue weighted by atomic mass is 16.6. The number of carbonyl (C=O) groups is 6. The Balaban J connectivity index is 1.49. The molecule has 0 saturated carbocycles. The van der Waals surface area contributed by atoms with Crippen LogP contribution in [0.1, 0.15) is 155 Å². The fourth-order valence-electron chi connectivity index (χ4n) is 6.17. The van der Waals surface area contributed by atoms with Gasteiger partial charge in [-0.2, -0.15) is 0 Å². The van der Waals surface area contributed by atoms with Crippen LogP contribution in [-0.4, -0.2) is 59.3 Å². The van der Waals surface area contributed by atoms with Gasteiger partial charge in [-0.3, -0.25) is 9.59 Å². The summed E-state index contributed by atoms with van der Waals surface area (Å²) in [5.41, 5.74) is 0.164. The smallest absolute Gasteiger partial charge is 0.408 e. The van der Waals surface area contributed by atoms with Crippen LogP contribution in [0.4, 0.5) is 9.59 Å². The van der Waals surface area contributed by atoms with Gasteiger partial charge in [-0.25, -0.2) is 19.2 Å². The molecule has 2 aromatic rings.